The van der Waals surface area contributed by atoms with Crippen molar-refractivity contribution in [3.05, 3.63) is 28.8 Å². The number of carbonyl (C=O) groups excluding carboxylic acids is 1. The van der Waals surface area contributed by atoms with Crippen molar-refractivity contribution in [2.75, 3.05) is 7.11 Å². The zero-order valence-electron chi connectivity index (χ0n) is 9.61. The Labute approximate surface area is 105 Å². The van der Waals surface area contributed by atoms with Gasteiger partial charge in [-0.3, -0.25) is 0 Å². The normalized spacial score (nSPS) is 10.7. The SMILES string of the molecule is COC(=O)c1cc(CO)c(OC(F)(F)F)cc1C#N. The Bertz CT molecular complexity index is 534. The molecule has 0 atom stereocenters. The summed E-state index contributed by atoms with van der Waals surface area (Å²) in [7, 11) is 1.06. The molecule has 0 unspecified atom stereocenters. The molecule has 0 aliphatic carbocycles. The van der Waals surface area contributed by atoms with Crippen LogP contribution in [0.5, 0.6) is 5.75 Å². The number of alkyl halides is 3. The van der Waals surface area contributed by atoms with Gasteiger partial charge in [0.2, 0.25) is 0 Å². The van der Waals surface area contributed by atoms with Gasteiger partial charge in [-0.05, 0) is 12.1 Å². The molecule has 5 nitrogen and oxygen atoms in total. The van der Waals surface area contributed by atoms with Gasteiger partial charge >= 0.3 is 12.3 Å². The van der Waals surface area contributed by atoms with Gasteiger partial charge in [0, 0.05) is 5.56 Å². The number of aliphatic hydroxyl groups is 1. The average Bonchev–Trinajstić information content (AvgIpc) is 2.35. The highest BCUT2D eigenvalue weighted by molar-refractivity contribution is 5.92. The monoisotopic (exact) mass is 275 g/mol. The summed E-state index contributed by atoms with van der Waals surface area (Å²) < 4.78 is 44.5. The van der Waals surface area contributed by atoms with Crippen LogP contribution < -0.4 is 4.74 Å². The van der Waals surface area contributed by atoms with E-state index >= 15 is 0 Å². The number of carbonyl (C=O) groups is 1. The third-order valence-electron chi connectivity index (χ3n) is 2.12. The molecule has 0 amide bonds. The first-order valence-electron chi connectivity index (χ1n) is 4.84. The van der Waals surface area contributed by atoms with Crippen LogP contribution in [-0.2, 0) is 11.3 Å². The lowest BCUT2D eigenvalue weighted by Gasteiger charge is -2.14. The number of methoxy groups -OCH3 is 1. The topological polar surface area (TPSA) is 79.6 Å². The molecular formula is C11H8F3NO4. The highest BCUT2D eigenvalue weighted by Crippen LogP contribution is 2.29. The van der Waals surface area contributed by atoms with Crippen molar-refractivity contribution in [1.29, 1.82) is 5.26 Å². The molecule has 0 radical (unpaired) electrons. The summed E-state index contributed by atoms with van der Waals surface area (Å²) in [6.07, 6.45) is -4.97. The quantitative estimate of drug-likeness (QED) is 0.850. The van der Waals surface area contributed by atoms with Crippen molar-refractivity contribution < 1.29 is 32.5 Å². The van der Waals surface area contributed by atoms with Gasteiger partial charge in [0.15, 0.2) is 0 Å². The van der Waals surface area contributed by atoms with Gasteiger partial charge in [-0.1, -0.05) is 0 Å². The van der Waals surface area contributed by atoms with E-state index in [1.807, 2.05) is 0 Å². The summed E-state index contributed by atoms with van der Waals surface area (Å²) in [6.45, 7) is -0.791. The Morgan fingerprint density at radius 1 is 1.47 bits per heavy atom. The van der Waals surface area contributed by atoms with Crippen LogP contribution in [0.4, 0.5) is 13.2 Å². The van der Waals surface area contributed by atoms with Gasteiger partial charge in [-0.15, -0.1) is 13.2 Å². The van der Waals surface area contributed by atoms with Crippen LogP contribution in [0.25, 0.3) is 0 Å². The van der Waals surface area contributed by atoms with E-state index in [0.717, 1.165) is 19.2 Å². The van der Waals surface area contributed by atoms with Gasteiger partial charge in [-0.25, -0.2) is 4.79 Å². The minimum absolute atomic E-state index is 0.247. The maximum Gasteiger partial charge on any atom is 0.573 e. The fraction of sp³-hybridized carbons (Fsp3) is 0.273. The van der Waals surface area contributed by atoms with Crippen LogP contribution in [0.2, 0.25) is 0 Å². The first kappa shape index (κ1) is 14.8. The number of nitrogens with zero attached hydrogens (tertiary/aromatic N) is 1. The van der Waals surface area contributed by atoms with Gasteiger partial charge in [0.1, 0.15) is 11.8 Å². The molecule has 1 aromatic rings. The number of aliphatic hydroxyl groups excluding tert-OH is 1. The van der Waals surface area contributed by atoms with Crippen molar-refractivity contribution in [3.63, 3.8) is 0 Å². The lowest BCUT2D eigenvalue weighted by molar-refractivity contribution is -0.275. The van der Waals surface area contributed by atoms with Crippen LogP contribution in [0.15, 0.2) is 12.1 Å². The molecule has 8 heteroatoms. The number of nitriles is 1. The standard InChI is InChI=1S/C11H8F3NO4/c1-18-10(17)8-2-7(5-16)9(3-6(8)4-15)19-11(12,13)14/h2-3,16H,5H2,1H3. The Kier molecular flexibility index (Phi) is 4.34. The van der Waals surface area contributed by atoms with Crippen molar-refractivity contribution in [2.45, 2.75) is 13.0 Å². The summed E-state index contributed by atoms with van der Waals surface area (Å²) in [5.41, 5.74) is -0.872. The molecule has 1 N–H and O–H groups in total. The maximum atomic E-state index is 12.1. The summed E-state index contributed by atoms with van der Waals surface area (Å²) >= 11 is 0. The lowest BCUT2D eigenvalue weighted by Crippen LogP contribution is -2.19. The van der Waals surface area contributed by atoms with Crippen LogP contribution in [0.1, 0.15) is 21.5 Å². The van der Waals surface area contributed by atoms with Crippen LogP contribution in [0.3, 0.4) is 0 Å². The van der Waals surface area contributed by atoms with Crippen molar-refractivity contribution in [1.82, 2.24) is 0 Å². The van der Waals surface area contributed by atoms with Crippen molar-refractivity contribution in [3.8, 4) is 11.8 Å². The van der Waals surface area contributed by atoms with Gasteiger partial charge in [-0.2, -0.15) is 5.26 Å². The molecule has 0 aromatic heterocycles. The zero-order chi connectivity index (χ0) is 14.6. The molecule has 0 spiro atoms. The second-order valence-corrected chi connectivity index (χ2v) is 3.31. The van der Waals surface area contributed by atoms with Crippen LogP contribution in [0, 0.1) is 11.3 Å². The molecule has 19 heavy (non-hydrogen) atoms. The average molecular weight is 275 g/mol. The Morgan fingerprint density at radius 3 is 2.53 bits per heavy atom. The van der Waals surface area contributed by atoms with Crippen LogP contribution in [-0.4, -0.2) is 24.5 Å². The van der Waals surface area contributed by atoms with Gasteiger partial charge in [0.05, 0.1) is 24.8 Å². The predicted molar refractivity (Wildman–Crippen MR) is 55.1 cm³/mol. The molecule has 1 aromatic carbocycles. The maximum absolute atomic E-state index is 12.1. The highest BCUT2D eigenvalue weighted by Gasteiger charge is 2.32. The first-order valence-corrected chi connectivity index (χ1v) is 4.84. The van der Waals surface area contributed by atoms with Gasteiger partial charge < -0.3 is 14.6 Å². The number of esters is 1. The lowest BCUT2D eigenvalue weighted by atomic mass is 10.0. The van der Waals surface area contributed by atoms with Crippen LogP contribution >= 0.6 is 0 Å². The smallest absolute Gasteiger partial charge is 0.465 e. The second-order valence-electron chi connectivity index (χ2n) is 3.31. The summed E-state index contributed by atoms with van der Waals surface area (Å²) in [4.78, 5) is 11.3. The van der Waals surface area contributed by atoms with E-state index in [4.69, 9.17) is 10.4 Å². The largest absolute Gasteiger partial charge is 0.573 e. The summed E-state index contributed by atoms with van der Waals surface area (Å²) in [5.74, 6) is -1.64. The van der Waals surface area contributed by atoms with E-state index < -0.39 is 24.7 Å². The predicted octanol–water partition coefficient (Wildman–Crippen LogP) is 1.74. The molecule has 102 valence electrons. The molecular weight excluding hydrogens is 267 g/mol. The highest BCUT2D eigenvalue weighted by atomic mass is 19.4. The molecule has 0 saturated carbocycles. The third kappa shape index (κ3) is 3.59. The Morgan fingerprint density at radius 2 is 2.11 bits per heavy atom. The number of ether oxygens (including phenoxy) is 2. The molecule has 0 aliphatic heterocycles. The zero-order valence-corrected chi connectivity index (χ0v) is 9.61. The van der Waals surface area contributed by atoms with E-state index in [1.165, 1.54) is 0 Å². The van der Waals surface area contributed by atoms with Crippen molar-refractivity contribution >= 4 is 5.97 Å². The van der Waals surface area contributed by atoms with E-state index in [1.54, 1.807) is 6.07 Å². The molecule has 0 aliphatic rings. The Balaban J connectivity index is 3.36. The first-order chi connectivity index (χ1) is 8.82. The fourth-order valence-electron chi connectivity index (χ4n) is 1.34. The molecule has 0 bridgehead atoms. The number of halogens is 3. The second kappa shape index (κ2) is 5.58. The number of benzene rings is 1. The summed E-state index contributed by atoms with van der Waals surface area (Å²) in [6, 6.07) is 3.21. The molecule has 0 heterocycles. The minimum atomic E-state index is -4.97. The number of rotatable bonds is 3. The minimum Gasteiger partial charge on any atom is -0.465 e. The Hall–Kier alpha value is -2.27. The van der Waals surface area contributed by atoms with E-state index in [-0.39, 0.29) is 16.7 Å². The van der Waals surface area contributed by atoms with E-state index in [2.05, 4.69) is 9.47 Å². The molecule has 0 fully saturated rings. The summed E-state index contributed by atoms with van der Waals surface area (Å²) in [5, 5.41) is 17.8. The van der Waals surface area contributed by atoms with Gasteiger partial charge in [0.25, 0.3) is 0 Å². The van der Waals surface area contributed by atoms with E-state index in [9.17, 15) is 18.0 Å². The fourth-order valence-corrected chi connectivity index (χ4v) is 1.34. The molecule has 0 saturated heterocycles. The number of hydrogen-bond acceptors (Lipinski definition) is 5. The third-order valence-corrected chi connectivity index (χ3v) is 2.12. The van der Waals surface area contributed by atoms with Crippen molar-refractivity contribution in [2.24, 2.45) is 0 Å². The number of hydrogen-bond donors (Lipinski definition) is 1. The molecule has 1 rings (SSSR count). The van der Waals surface area contributed by atoms with E-state index in [0.29, 0.717) is 0 Å².